The van der Waals surface area contributed by atoms with Crippen molar-refractivity contribution in [3.05, 3.63) is 110 Å². The summed E-state index contributed by atoms with van der Waals surface area (Å²) in [5.41, 5.74) is 3.86. The van der Waals surface area contributed by atoms with E-state index in [2.05, 4.69) is 10.6 Å². The summed E-state index contributed by atoms with van der Waals surface area (Å²) < 4.78 is 39.8. The first kappa shape index (κ1) is 44.6. The second-order valence-corrected chi connectivity index (χ2v) is 15.4. The van der Waals surface area contributed by atoms with E-state index < -0.39 is 48.5 Å². The number of rotatable bonds is 20. The Morgan fingerprint density at radius 3 is 2.02 bits per heavy atom. The number of carbonyl (C=O) groups is 2. The lowest BCUT2D eigenvalue weighted by Crippen LogP contribution is -2.52. The topological polar surface area (TPSA) is 176 Å². The van der Waals surface area contributed by atoms with Crippen LogP contribution in [0.5, 0.6) is 17.2 Å². The van der Waals surface area contributed by atoms with Crippen LogP contribution in [-0.4, -0.2) is 76.5 Å². The number of fused-ring (bicyclic) bond motifs is 1. The maximum absolute atomic E-state index is 16.0. The smallest absolute Gasteiger partial charge is 0.326 e. The molecule has 12 nitrogen and oxygen atoms in total. The van der Waals surface area contributed by atoms with Crippen LogP contribution in [0.3, 0.4) is 0 Å². The van der Waals surface area contributed by atoms with Crippen LogP contribution in [-0.2, 0) is 47.1 Å². The first-order chi connectivity index (χ1) is 27.6. The highest BCUT2D eigenvalue weighted by molar-refractivity contribution is 6.32. The van der Waals surface area contributed by atoms with E-state index >= 15 is 4.39 Å². The van der Waals surface area contributed by atoms with E-state index in [0.29, 0.717) is 39.8 Å². The Kier molecular flexibility index (Phi) is 14.7. The van der Waals surface area contributed by atoms with Gasteiger partial charge in [-0.15, -0.1) is 0 Å². The van der Waals surface area contributed by atoms with E-state index in [0.717, 1.165) is 33.4 Å². The van der Waals surface area contributed by atoms with Crippen molar-refractivity contribution in [3.8, 4) is 28.4 Å². The standard InChI is InChI=1S/C43H49Cl2FN2O10/c1-6-56-36-17-38(34(45)14-27(36)19-48-43(4,23-50)41(53)54)58-39-31-12-8-11-30(32(31)16-35(39)46)29-10-7-9-25(24(29)2)21-57-37-15-28(20-55-5)26(13-33(37)44)18-47-42(3,22-49)40(51)52/h7-15,17,35,39,47-50H,6,16,18-23H2,1-5H3,(H,51,52)(H,53,54)/t35-,39+,42-,43-/m0/s1. The Hall–Kier alpha value is -4.47. The molecule has 0 fully saturated rings. The molecule has 0 bridgehead atoms. The molecule has 0 saturated carbocycles. The minimum absolute atomic E-state index is 0.0251. The van der Waals surface area contributed by atoms with Gasteiger partial charge in [0.05, 0.1) is 36.5 Å². The van der Waals surface area contributed by atoms with Gasteiger partial charge in [-0.2, -0.15) is 0 Å². The third-order valence-corrected chi connectivity index (χ3v) is 11.1. The fourth-order valence-corrected chi connectivity index (χ4v) is 7.16. The van der Waals surface area contributed by atoms with Crippen LogP contribution < -0.4 is 24.8 Å². The van der Waals surface area contributed by atoms with Gasteiger partial charge in [0, 0.05) is 38.2 Å². The van der Waals surface area contributed by atoms with Gasteiger partial charge < -0.3 is 39.4 Å². The fourth-order valence-electron chi connectivity index (χ4n) is 6.68. The maximum atomic E-state index is 16.0. The van der Waals surface area contributed by atoms with Gasteiger partial charge in [-0.25, -0.2) is 4.39 Å². The number of halogens is 3. The zero-order valence-electron chi connectivity index (χ0n) is 33.0. The molecule has 6 N–H and O–H groups in total. The molecule has 1 aliphatic rings. The van der Waals surface area contributed by atoms with Crippen LogP contribution in [0.25, 0.3) is 11.1 Å². The Balaban J connectivity index is 1.37. The molecule has 0 unspecified atom stereocenters. The Bertz CT molecular complexity index is 2140. The van der Waals surface area contributed by atoms with Crippen LogP contribution in [0.2, 0.25) is 10.0 Å². The zero-order chi connectivity index (χ0) is 42.4. The van der Waals surface area contributed by atoms with Gasteiger partial charge in [0.25, 0.3) is 0 Å². The molecular formula is C43H49Cl2FN2O10. The summed E-state index contributed by atoms with van der Waals surface area (Å²) in [5.74, 6) is -1.41. The van der Waals surface area contributed by atoms with Crippen molar-refractivity contribution in [1.82, 2.24) is 10.6 Å². The molecule has 4 aromatic rings. The number of carboxylic acid groups (broad SMARTS) is 2. The van der Waals surface area contributed by atoms with Crippen molar-refractivity contribution in [2.24, 2.45) is 0 Å². The van der Waals surface area contributed by atoms with Gasteiger partial charge >= 0.3 is 11.9 Å². The molecule has 0 heterocycles. The number of aliphatic carboxylic acids is 2. The number of hydrogen-bond acceptors (Lipinski definition) is 10. The summed E-state index contributed by atoms with van der Waals surface area (Å²) in [4.78, 5) is 23.4. The predicted octanol–water partition coefficient (Wildman–Crippen LogP) is 6.96. The second kappa shape index (κ2) is 19.1. The molecular weight excluding hydrogens is 794 g/mol. The van der Waals surface area contributed by atoms with Crippen molar-refractivity contribution < 1.29 is 53.4 Å². The molecule has 0 aromatic heterocycles. The molecule has 5 rings (SSSR count). The number of benzene rings is 4. The van der Waals surface area contributed by atoms with E-state index in [1.165, 1.54) is 13.8 Å². The summed E-state index contributed by atoms with van der Waals surface area (Å²) in [5, 5.41) is 44.6. The lowest BCUT2D eigenvalue weighted by Gasteiger charge is -2.25. The van der Waals surface area contributed by atoms with Crippen LogP contribution in [0.1, 0.15) is 65.8 Å². The number of nitrogens with one attached hydrogen (secondary N) is 2. The molecule has 312 valence electrons. The average Bonchev–Trinajstić information content (AvgIpc) is 3.52. The number of alkyl halides is 1. The molecule has 1 aliphatic carbocycles. The van der Waals surface area contributed by atoms with Crippen LogP contribution >= 0.6 is 23.2 Å². The zero-order valence-corrected chi connectivity index (χ0v) is 34.5. The molecule has 58 heavy (non-hydrogen) atoms. The van der Waals surface area contributed by atoms with E-state index in [9.17, 15) is 30.0 Å². The van der Waals surface area contributed by atoms with Gasteiger partial charge in [-0.3, -0.25) is 20.2 Å². The molecule has 0 spiro atoms. The highest BCUT2D eigenvalue weighted by atomic mass is 35.5. The van der Waals surface area contributed by atoms with Crippen molar-refractivity contribution in [2.45, 2.75) is 83.8 Å². The summed E-state index contributed by atoms with van der Waals surface area (Å²) in [6.07, 6.45) is -2.25. The Morgan fingerprint density at radius 2 is 1.40 bits per heavy atom. The fraction of sp³-hybridized carbons (Fsp3) is 0.395. The molecule has 15 heteroatoms. The molecule has 4 aromatic carbocycles. The van der Waals surface area contributed by atoms with Crippen LogP contribution in [0.4, 0.5) is 4.39 Å². The molecule has 0 saturated heterocycles. The normalized spacial score (nSPS) is 16.9. The van der Waals surface area contributed by atoms with E-state index in [1.807, 2.05) is 43.3 Å². The third-order valence-electron chi connectivity index (χ3n) is 10.5. The number of carboxylic acids is 2. The summed E-state index contributed by atoms with van der Waals surface area (Å²) >= 11 is 13.3. The van der Waals surface area contributed by atoms with Crippen LogP contribution in [0, 0.1) is 6.92 Å². The van der Waals surface area contributed by atoms with E-state index in [4.69, 9.17) is 42.1 Å². The maximum Gasteiger partial charge on any atom is 0.326 e. The Labute approximate surface area is 346 Å². The molecule has 0 amide bonds. The van der Waals surface area contributed by atoms with Crippen molar-refractivity contribution in [3.63, 3.8) is 0 Å². The number of ether oxygens (including phenoxy) is 4. The Morgan fingerprint density at radius 1 is 0.793 bits per heavy atom. The minimum Gasteiger partial charge on any atom is -0.493 e. The number of methoxy groups -OCH3 is 1. The average molecular weight is 844 g/mol. The van der Waals surface area contributed by atoms with Crippen molar-refractivity contribution in [1.29, 1.82) is 0 Å². The lowest BCUT2D eigenvalue weighted by atomic mass is 9.91. The summed E-state index contributed by atoms with van der Waals surface area (Å²) in [7, 11) is 1.54. The molecule has 4 atom stereocenters. The van der Waals surface area contributed by atoms with Gasteiger partial charge in [0.1, 0.15) is 41.1 Å². The molecule has 0 radical (unpaired) electrons. The highest BCUT2D eigenvalue weighted by Crippen LogP contribution is 2.45. The SMILES string of the molecule is CCOc1cc(O[C@@H]2c3cccc(-c4cccc(COc5cc(COC)c(CN[C@@](C)(CO)C(=O)O)cc5Cl)c4C)c3C[C@@H]2F)c(Cl)cc1CN[C@@](C)(CO)C(=O)O. The number of aliphatic hydroxyl groups excluding tert-OH is 2. The largest absolute Gasteiger partial charge is 0.493 e. The van der Waals surface area contributed by atoms with Gasteiger partial charge in [-0.1, -0.05) is 59.6 Å². The summed E-state index contributed by atoms with van der Waals surface area (Å²) in [6, 6.07) is 18.1. The minimum atomic E-state index is -1.59. The lowest BCUT2D eigenvalue weighted by molar-refractivity contribution is -0.146. The first-order valence-corrected chi connectivity index (χ1v) is 19.4. The number of aliphatic hydroxyl groups is 2. The van der Waals surface area contributed by atoms with Gasteiger partial charge in [0.2, 0.25) is 0 Å². The molecule has 0 aliphatic heterocycles. The highest BCUT2D eigenvalue weighted by Gasteiger charge is 2.37. The monoisotopic (exact) mass is 842 g/mol. The number of hydrogen-bond donors (Lipinski definition) is 6. The third kappa shape index (κ3) is 9.69. The van der Waals surface area contributed by atoms with Gasteiger partial charge in [-0.05, 0) is 90.4 Å². The first-order valence-electron chi connectivity index (χ1n) is 18.7. The van der Waals surface area contributed by atoms with E-state index in [1.54, 1.807) is 38.3 Å². The second-order valence-electron chi connectivity index (χ2n) is 14.6. The van der Waals surface area contributed by atoms with Crippen molar-refractivity contribution >= 4 is 35.1 Å². The predicted molar refractivity (Wildman–Crippen MR) is 218 cm³/mol. The van der Waals surface area contributed by atoms with Crippen LogP contribution in [0.15, 0.2) is 60.7 Å². The van der Waals surface area contributed by atoms with Crippen molar-refractivity contribution in [2.75, 3.05) is 26.9 Å². The van der Waals surface area contributed by atoms with E-state index in [-0.39, 0.29) is 43.5 Å². The quantitative estimate of drug-likeness (QED) is 0.0541. The summed E-state index contributed by atoms with van der Waals surface area (Å²) in [6.45, 7) is 6.11. The van der Waals surface area contributed by atoms with Gasteiger partial charge in [0.15, 0.2) is 6.10 Å².